The Balaban J connectivity index is 2.04. The van der Waals surface area contributed by atoms with Crippen molar-refractivity contribution in [2.75, 3.05) is 14.2 Å². The lowest BCUT2D eigenvalue weighted by Crippen LogP contribution is -2.02. The van der Waals surface area contributed by atoms with Gasteiger partial charge in [-0.1, -0.05) is 0 Å². The van der Waals surface area contributed by atoms with E-state index in [2.05, 4.69) is 9.97 Å². The number of benzene rings is 1. The van der Waals surface area contributed by atoms with Crippen LogP contribution in [-0.2, 0) is 6.54 Å². The number of hydrogen-bond donors (Lipinski definition) is 0. The molecule has 0 fully saturated rings. The molecule has 0 spiro atoms. The van der Waals surface area contributed by atoms with Gasteiger partial charge in [0.05, 0.1) is 26.3 Å². The zero-order valence-corrected chi connectivity index (χ0v) is 12.5. The number of nitrogens with zero attached hydrogens (tertiary/aromatic N) is 3. The smallest absolute Gasteiger partial charge is 0.205 e. The van der Waals surface area contributed by atoms with E-state index in [-0.39, 0.29) is 0 Å². The minimum Gasteiger partial charge on any atom is -0.497 e. The van der Waals surface area contributed by atoms with Crippen LogP contribution in [-0.4, -0.2) is 28.8 Å². The molecule has 0 saturated heterocycles. The molecule has 0 radical (unpaired) electrons. The van der Waals surface area contributed by atoms with E-state index in [4.69, 9.17) is 21.1 Å². The Hall–Kier alpha value is -2.27. The highest BCUT2D eigenvalue weighted by Crippen LogP contribution is 2.27. The molecule has 0 bridgehead atoms. The average molecular weight is 304 g/mol. The van der Waals surface area contributed by atoms with E-state index in [1.165, 1.54) is 0 Å². The molecule has 0 unspecified atom stereocenters. The molecule has 0 saturated carbocycles. The Kier molecular flexibility index (Phi) is 3.66. The average Bonchev–Trinajstić information content (AvgIpc) is 2.83. The Labute approximate surface area is 127 Å². The van der Waals surface area contributed by atoms with Crippen LogP contribution < -0.4 is 9.47 Å². The molecule has 0 aliphatic rings. The number of pyridine rings is 1. The zero-order chi connectivity index (χ0) is 14.8. The third-order valence-corrected chi connectivity index (χ3v) is 3.59. The standard InChI is InChI=1S/C15H14ClN3O2/c1-20-11-6-5-10(13(8-11)21-2)9-19-12-4-3-7-17-14(12)18-15(19)16/h3-8H,9H2,1-2H3. The molecule has 0 N–H and O–H groups in total. The quantitative estimate of drug-likeness (QED) is 0.743. The second-order valence-electron chi connectivity index (χ2n) is 4.49. The van der Waals surface area contributed by atoms with Crippen molar-refractivity contribution in [1.82, 2.24) is 14.5 Å². The topological polar surface area (TPSA) is 49.2 Å². The van der Waals surface area contributed by atoms with E-state index < -0.39 is 0 Å². The maximum Gasteiger partial charge on any atom is 0.205 e. The fourth-order valence-electron chi connectivity index (χ4n) is 2.24. The van der Waals surface area contributed by atoms with Gasteiger partial charge in [0, 0.05) is 17.8 Å². The van der Waals surface area contributed by atoms with Crippen molar-refractivity contribution >= 4 is 22.8 Å². The summed E-state index contributed by atoms with van der Waals surface area (Å²) in [5.41, 5.74) is 2.51. The van der Waals surface area contributed by atoms with Gasteiger partial charge in [-0.3, -0.25) is 0 Å². The number of halogens is 1. The van der Waals surface area contributed by atoms with Crippen molar-refractivity contribution < 1.29 is 9.47 Å². The van der Waals surface area contributed by atoms with Gasteiger partial charge in [-0.05, 0) is 35.9 Å². The molecule has 2 aromatic heterocycles. The molecular weight excluding hydrogens is 290 g/mol. The first-order valence-electron chi connectivity index (χ1n) is 6.40. The van der Waals surface area contributed by atoms with Gasteiger partial charge in [-0.25, -0.2) is 4.98 Å². The van der Waals surface area contributed by atoms with Crippen LogP contribution >= 0.6 is 11.6 Å². The summed E-state index contributed by atoms with van der Waals surface area (Å²) in [5.74, 6) is 1.50. The summed E-state index contributed by atoms with van der Waals surface area (Å²) >= 11 is 6.22. The third-order valence-electron chi connectivity index (χ3n) is 3.30. The molecule has 0 aliphatic carbocycles. The Bertz CT molecular complexity index is 786. The first kappa shape index (κ1) is 13.7. The molecule has 21 heavy (non-hydrogen) atoms. The van der Waals surface area contributed by atoms with Crippen LogP contribution in [0.3, 0.4) is 0 Å². The van der Waals surface area contributed by atoms with E-state index in [1.807, 2.05) is 34.9 Å². The van der Waals surface area contributed by atoms with E-state index in [0.717, 1.165) is 22.6 Å². The van der Waals surface area contributed by atoms with Gasteiger partial charge in [0.1, 0.15) is 11.5 Å². The fourth-order valence-corrected chi connectivity index (χ4v) is 2.47. The first-order valence-corrected chi connectivity index (χ1v) is 6.78. The molecule has 3 aromatic rings. The van der Waals surface area contributed by atoms with Gasteiger partial charge in [-0.15, -0.1) is 0 Å². The lowest BCUT2D eigenvalue weighted by molar-refractivity contribution is 0.390. The maximum atomic E-state index is 6.22. The summed E-state index contributed by atoms with van der Waals surface area (Å²) in [6, 6.07) is 9.50. The van der Waals surface area contributed by atoms with Gasteiger partial charge in [0.15, 0.2) is 5.65 Å². The minimum absolute atomic E-state index is 0.404. The molecule has 3 rings (SSSR count). The molecule has 1 aromatic carbocycles. The predicted molar refractivity (Wildman–Crippen MR) is 81.2 cm³/mol. The first-order chi connectivity index (χ1) is 10.2. The number of aromatic nitrogens is 3. The maximum absolute atomic E-state index is 6.22. The fraction of sp³-hybridized carbons (Fsp3) is 0.200. The Morgan fingerprint density at radius 1 is 1.19 bits per heavy atom. The SMILES string of the molecule is COc1ccc(Cn2c(Cl)nc3ncccc32)c(OC)c1. The molecule has 0 aliphatic heterocycles. The van der Waals surface area contributed by atoms with Crippen LogP contribution in [0.2, 0.25) is 5.28 Å². The van der Waals surface area contributed by atoms with Crippen LogP contribution in [0, 0.1) is 0 Å². The summed E-state index contributed by atoms with van der Waals surface area (Å²) in [6.45, 7) is 0.550. The monoisotopic (exact) mass is 303 g/mol. The summed E-state index contributed by atoms with van der Waals surface area (Å²) in [6.07, 6.45) is 1.70. The lowest BCUT2D eigenvalue weighted by Gasteiger charge is -2.12. The van der Waals surface area contributed by atoms with Crippen LogP contribution in [0.5, 0.6) is 11.5 Å². The third kappa shape index (κ3) is 2.52. The molecular formula is C15H14ClN3O2. The number of ether oxygens (including phenoxy) is 2. The summed E-state index contributed by atoms with van der Waals surface area (Å²) in [5, 5.41) is 0.404. The highest BCUT2D eigenvalue weighted by molar-refractivity contribution is 6.29. The summed E-state index contributed by atoms with van der Waals surface area (Å²) in [7, 11) is 3.26. The minimum atomic E-state index is 0.404. The largest absolute Gasteiger partial charge is 0.497 e. The van der Waals surface area contributed by atoms with Gasteiger partial charge in [-0.2, -0.15) is 4.98 Å². The number of rotatable bonds is 4. The van der Waals surface area contributed by atoms with Gasteiger partial charge in [0.2, 0.25) is 5.28 Å². The molecule has 6 heteroatoms. The molecule has 5 nitrogen and oxygen atoms in total. The van der Waals surface area contributed by atoms with E-state index in [1.54, 1.807) is 20.4 Å². The van der Waals surface area contributed by atoms with Crippen molar-refractivity contribution in [3.8, 4) is 11.5 Å². The van der Waals surface area contributed by atoms with Crippen LogP contribution in [0.1, 0.15) is 5.56 Å². The van der Waals surface area contributed by atoms with Crippen molar-refractivity contribution in [1.29, 1.82) is 0 Å². The van der Waals surface area contributed by atoms with Crippen LogP contribution in [0.25, 0.3) is 11.2 Å². The number of fused-ring (bicyclic) bond motifs is 1. The summed E-state index contributed by atoms with van der Waals surface area (Å²) in [4.78, 5) is 8.46. The van der Waals surface area contributed by atoms with Crippen molar-refractivity contribution in [2.24, 2.45) is 0 Å². The lowest BCUT2D eigenvalue weighted by atomic mass is 10.2. The number of imidazole rings is 1. The van der Waals surface area contributed by atoms with E-state index in [0.29, 0.717) is 17.5 Å². The van der Waals surface area contributed by atoms with Gasteiger partial charge >= 0.3 is 0 Å². The predicted octanol–water partition coefficient (Wildman–Crippen LogP) is 3.15. The van der Waals surface area contributed by atoms with Crippen molar-refractivity contribution in [3.05, 3.63) is 47.4 Å². The van der Waals surface area contributed by atoms with Crippen LogP contribution in [0.4, 0.5) is 0 Å². The molecule has 0 atom stereocenters. The molecule has 2 heterocycles. The second-order valence-corrected chi connectivity index (χ2v) is 4.83. The Morgan fingerprint density at radius 2 is 2.05 bits per heavy atom. The van der Waals surface area contributed by atoms with Crippen molar-refractivity contribution in [2.45, 2.75) is 6.54 Å². The number of hydrogen-bond acceptors (Lipinski definition) is 4. The summed E-state index contributed by atoms with van der Waals surface area (Å²) < 4.78 is 12.5. The molecule has 108 valence electrons. The van der Waals surface area contributed by atoms with Crippen LogP contribution in [0.15, 0.2) is 36.5 Å². The highest BCUT2D eigenvalue weighted by Gasteiger charge is 2.12. The van der Waals surface area contributed by atoms with E-state index in [9.17, 15) is 0 Å². The molecule has 0 amide bonds. The number of methoxy groups -OCH3 is 2. The highest BCUT2D eigenvalue weighted by atomic mass is 35.5. The van der Waals surface area contributed by atoms with E-state index >= 15 is 0 Å². The van der Waals surface area contributed by atoms with Gasteiger partial charge in [0.25, 0.3) is 0 Å². The normalized spacial score (nSPS) is 10.8. The second kappa shape index (κ2) is 5.61. The van der Waals surface area contributed by atoms with Gasteiger partial charge < -0.3 is 14.0 Å². The van der Waals surface area contributed by atoms with Crippen molar-refractivity contribution in [3.63, 3.8) is 0 Å². The Morgan fingerprint density at radius 3 is 2.81 bits per heavy atom. The zero-order valence-electron chi connectivity index (χ0n) is 11.7.